The second kappa shape index (κ2) is 9.62. The van der Waals surface area contributed by atoms with Crippen LogP contribution in [0.4, 0.5) is 4.39 Å². The standard InChI is InChI=1S/C27H26FN3O3S/c1-17(2)19-14-20(18-6-5-11-30(16-18)23(32)9-8-22-29-10-13-35-22)26(28)21-15-25(34-27(19)21)31-12-4-3-7-24(31)33/h3-4,6-7,10,12-15,17H,5,8-9,11,16H2,1-2H3. The molecule has 0 aliphatic carbocycles. The molecule has 1 aromatic carbocycles. The average molecular weight is 492 g/mol. The number of hydrogen-bond donors (Lipinski definition) is 0. The number of nitrogens with zero attached hydrogens (tertiary/aromatic N) is 3. The summed E-state index contributed by atoms with van der Waals surface area (Å²) < 4.78 is 23.3. The third-order valence-electron chi connectivity index (χ3n) is 6.32. The lowest BCUT2D eigenvalue weighted by Crippen LogP contribution is -2.35. The molecule has 4 heterocycles. The van der Waals surface area contributed by atoms with E-state index in [0.717, 1.165) is 16.1 Å². The van der Waals surface area contributed by atoms with Crippen molar-refractivity contribution in [2.75, 3.05) is 13.1 Å². The molecule has 5 rings (SSSR count). The molecule has 0 fully saturated rings. The molecule has 180 valence electrons. The minimum atomic E-state index is -0.397. The van der Waals surface area contributed by atoms with Gasteiger partial charge in [0.1, 0.15) is 11.4 Å². The van der Waals surface area contributed by atoms with Crippen LogP contribution in [0.25, 0.3) is 22.4 Å². The number of aromatic nitrogens is 2. The topological polar surface area (TPSA) is 68.3 Å². The first-order valence-corrected chi connectivity index (χ1v) is 12.6. The molecule has 3 aromatic heterocycles. The van der Waals surface area contributed by atoms with E-state index >= 15 is 4.39 Å². The lowest BCUT2D eigenvalue weighted by molar-refractivity contribution is -0.130. The van der Waals surface area contributed by atoms with Gasteiger partial charge in [-0.2, -0.15) is 0 Å². The Labute approximate surface area is 206 Å². The summed E-state index contributed by atoms with van der Waals surface area (Å²) >= 11 is 1.54. The third kappa shape index (κ3) is 4.58. The van der Waals surface area contributed by atoms with Gasteiger partial charge < -0.3 is 9.32 Å². The summed E-state index contributed by atoms with van der Waals surface area (Å²) in [6.07, 6.45) is 7.03. The number of aryl methyl sites for hydroxylation is 1. The van der Waals surface area contributed by atoms with E-state index in [4.69, 9.17) is 4.42 Å². The third-order valence-corrected chi connectivity index (χ3v) is 7.16. The zero-order valence-electron chi connectivity index (χ0n) is 19.7. The molecule has 0 unspecified atom stereocenters. The Balaban J connectivity index is 1.48. The number of amides is 1. The number of furan rings is 1. The van der Waals surface area contributed by atoms with Crippen molar-refractivity contribution in [2.24, 2.45) is 0 Å². The number of benzene rings is 1. The highest BCUT2D eigenvalue weighted by molar-refractivity contribution is 7.09. The van der Waals surface area contributed by atoms with Gasteiger partial charge in [-0.05, 0) is 35.6 Å². The predicted molar refractivity (Wildman–Crippen MR) is 135 cm³/mol. The van der Waals surface area contributed by atoms with E-state index < -0.39 is 5.82 Å². The largest absolute Gasteiger partial charge is 0.439 e. The maximum atomic E-state index is 15.9. The number of thiazole rings is 1. The summed E-state index contributed by atoms with van der Waals surface area (Å²) in [4.78, 5) is 31.2. The van der Waals surface area contributed by atoms with Gasteiger partial charge in [0, 0.05) is 61.4 Å². The molecule has 6 nitrogen and oxygen atoms in total. The van der Waals surface area contributed by atoms with Crippen LogP contribution >= 0.6 is 11.3 Å². The van der Waals surface area contributed by atoms with E-state index in [1.807, 2.05) is 31.4 Å². The van der Waals surface area contributed by atoms with Gasteiger partial charge in [-0.1, -0.05) is 26.0 Å². The van der Waals surface area contributed by atoms with E-state index in [1.165, 1.54) is 10.6 Å². The van der Waals surface area contributed by atoms with Crippen LogP contribution in [-0.4, -0.2) is 33.4 Å². The molecule has 0 atom stereocenters. The van der Waals surface area contributed by atoms with Crippen molar-refractivity contribution < 1.29 is 13.6 Å². The summed E-state index contributed by atoms with van der Waals surface area (Å²) in [6.45, 7) is 5.03. The van der Waals surface area contributed by atoms with Gasteiger partial charge in [0.15, 0.2) is 0 Å². The van der Waals surface area contributed by atoms with Gasteiger partial charge in [-0.3, -0.25) is 14.2 Å². The first-order valence-electron chi connectivity index (χ1n) is 11.7. The lowest BCUT2D eigenvalue weighted by Gasteiger charge is -2.28. The van der Waals surface area contributed by atoms with Gasteiger partial charge in [0.2, 0.25) is 11.8 Å². The maximum absolute atomic E-state index is 15.9. The average Bonchev–Trinajstić information content (AvgIpc) is 3.53. The number of halogens is 1. The Morgan fingerprint density at radius 1 is 1.29 bits per heavy atom. The molecule has 0 bridgehead atoms. The fraction of sp³-hybridized carbons (Fsp3) is 0.296. The predicted octanol–water partition coefficient (Wildman–Crippen LogP) is 5.55. The quantitative estimate of drug-likeness (QED) is 0.355. The molecule has 4 aromatic rings. The minimum absolute atomic E-state index is 0.0467. The van der Waals surface area contributed by atoms with E-state index in [9.17, 15) is 9.59 Å². The molecular weight excluding hydrogens is 465 g/mol. The number of hydrogen-bond acceptors (Lipinski definition) is 5. The Hall–Kier alpha value is -3.52. The van der Waals surface area contributed by atoms with Gasteiger partial charge in [-0.25, -0.2) is 9.37 Å². The van der Waals surface area contributed by atoms with Crippen molar-refractivity contribution >= 4 is 33.8 Å². The summed E-state index contributed by atoms with van der Waals surface area (Å²) in [5.74, 6) is 0.000801. The van der Waals surface area contributed by atoms with Crippen LogP contribution in [0.5, 0.6) is 0 Å². The number of carbonyl (C=O) groups is 1. The van der Waals surface area contributed by atoms with Crippen molar-refractivity contribution in [1.82, 2.24) is 14.5 Å². The molecule has 0 saturated carbocycles. The first kappa shape index (κ1) is 23.2. The second-order valence-electron chi connectivity index (χ2n) is 8.98. The normalized spacial score (nSPS) is 14.1. The van der Waals surface area contributed by atoms with Crippen LogP contribution < -0.4 is 5.56 Å². The smallest absolute Gasteiger partial charge is 0.257 e. The molecule has 0 spiro atoms. The molecule has 1 aliphatic rings. The molecule has 35 heavy (non-hydrogen) atoms. The summed E-state index contributed by atoms with van der Waals surface area (Å²) in [6, 6.07) is 8.23. The number of rotatable bonds is 6. The minimum Gasteiger partial charge on any atom is -0.439 e. The number of pyridine rings is 1. The maximum Gasteiger partial charge on any atom is 0.257 e. The highest BCUT2D eigenvalue weighted by atomic mass is 32.1. The monoisotopic (exact) mass is 491 g/mol. The van der Waals surface area contributed by atoms with Crippen LogP contribution in [0.2, 0.25) is 0 Å². The van der Waals surface area contributed by atoms with E-state index in [2.05, 4.69) is 4.98 Å². The van der Waals surface area contributed by atoms with Crippen LogP contribution in [0, 0.1) is 5.82 Å². The van der Waals surface area contributed by atoms with Crippen LogP contribution in [0.15, 0.2) is 63.4 Å². The Morgan fingerprint density at radius 2 is 2.14 bits per heavy atom. The van der Waals surface area contributed by atoms with Crippen molar-refractivity contribution in [1.29, 1.82) is 0 Å². The summed E-state index contributed by atoms with van der Waals surface area (Å²) in [7, 11) is 0. The summed E-state index contributed by atoms with van der Waals surface area (Å²) in [5.41, 5.74) is 2.32. The molecule has 0 N–H and O–H groups in total. The molecule has 0 saturated heterocycles. The lowest BCUT2D eigenvalue weighted by atomic mass is 9.92. The van der Waals surface area contributed by atoms with E-state index in [0.29, 0.717) is 48.9 Å². The fourth-order valence-electron chi connectivity index (χ4n) is 4.48. The van der Waals surface area contributed by atoms with E-state index in [1.54, 1.807) is 46.8 Å². The van der Waals surface area contributed by atoms with Gasteiger partial charge in [0.25, 0.3) is 5.56 Å². The second-order valence-corrected chi connectivity index (χ2v) is 9.96. The molecule has 1 amide bonds. The fourth-order valence-corrected chi connectivity index (χ4v) is 5.10. The van der Waals surface area contributed by atoms with E-state index in [-0.39, 0.29) is 23.3 Å². The van der Waals surface area contributed by atoms with Gasteiger partial charge in [0.05, 0.1) is 10.4 Å². The zero-order valence-corrected chi connectivity index (χ0v) is 20.5. The SMILES string of the molecule is CC(C)c1cc(C2=CCCN(C(=O)CCc3nccs3)C2)c(F)c2cc(-n3ccccc3=O)oc12. The van der Waals surface area contributed by atoms with Crippen LogP contribution in [-0.2, 0) is 11.2 Å². The molecule has 8 heteroatoms. The zero-order chi connectivity index (χ0) is 24.5. The summed E-state index contributed by atoms with van der Waals surface area (Å²) in [5, 5.41) is 3.19. The number of fused-ring (bicyclic) bond motifs is 1. The highest BCUT2D eigenvalue weighted by Gasteiger charge is 2.25. The highest BCUT2D eigenvalue weighted by Crippen LogP contribution is 2.36. The number of carbonyl (C=O) groups excluding carboxylic acids is 1. The van der Waals surface area contributed by atoms with Crippen LogP contribution in [0.3, 0.4) is 0 Å². The first-order chi connectivity index (χ1) is 16.9. The Kier molecular flexibility index (Phi) is 6.38. The Morgan fingerprint density at radius 3 is 2.89 bits per heavy atom. The van der Waals surface area contributed by atoms with Crippen molar-refractivity contribution in [2.45, 2.75) is 39.0 Å². The van der Waals surface area contributed by atoms with Crippen LogP contribution in [0.1, 0.15) is 48.7 Å². The molecule has 1 aliphatic heterocycles. The van der Waals surface area contributed by atoms with Crippen molar-refractivity contribution in [3.63, 3.8) is 0 Å². The van der Waals surface area contributed by atoms with Gasteiger partial charge in [-0.15, -0.1) is 11.3 Å². The van der Waals surface area contributed by atoms with Crippen molar-refractivity contribution in [3.8, 4) is 5.88 Å². The van der Waals surface area contributed by atoms with Gasteiger partial charge >= 0.3 is 0 Å². The Bertz CT molecular complexity index is 1470. The molecular formula is C27H26FN3O3S. The molecule has 0 radical (unpaired) electrons. The van der Waals surface area contributed by atoms with Crippen molar-refractivity contribution in [3.05, 3.63) is 86.5 Å².